The lowest BCUT2D eigenvalue weighted by Crippen LogP contribution is -1.85. The molecule has 0 bridgehead atoms. The van der Waals surface area contributed by atoms with Gasteiger partial charge in [-0.2, -0.15) is 0 Å². The summed E-state index contributed by atoms with van der Waals surface area (Å²) in [7, 11) is 0. The summed E-state index contributed by atoms with van der Waals surface area (Å²) >= 11 is 1.46. The lowest BCUT2D eigenvalue weighted by Gasteiger charge is -2.08. The minimum Gasteiger partial charge on any atom is -0.508 e. The van der Waals surface area contributed by atoms with Crippen LogP contribution in [0.25, 0.3) is 21.2 Å². The maximum Gasteiger partial charge on any atom is 0.189 e. The summed E-state index contributed by atoms with van der Waals surface area (Å²) < 4.78 is 20.4. The van der Waals surface area contributed by atoms with Crippen molar-refractivity contribution >= 4 is 21.4 Å². The van der Waals surface area contributed by atoms with Crippen molar-refractivity contribution in [3.05, 3.63) is 78.1 Å². The van der Waals surface area contributed by atoms with E-state index in [1.807, 2.05) is 37.3 Å². The Morgan fingerprint density at radius 1 is 0.920 bits per heavy atom. The molecule has 3 aromatic carbocycles. The molecule has 0 aliphatic rings. The largest absolute Gasteiger partial charge is 0.508 e. The molecule has 25 heavy (non-hydrogen) atoms. The molecule has 0 radical (unpaired) electrons. The predicted molar refractivity (Wildman–Crippen MR) is 100 cm³/mol. The number of thiophene rings is 1. The van der Waals surface area contributed by atoms with Gasteiger partial charge in [-0.3, -0.25) is 0 Å². The lowest BCUT2D eigenvalue weighted by atomic mass is 10.0. The van der Waals surface area contributed by atoms with Crippen molar-refractivity contribution in [1.82, 2.24) is 0 Å². The van der Waals surface area contributed by atoms with E-state index in [1.165, 1.54) is 23.5 Å². The smallest absolute Gasteiger partial charge is 0.189 e. The van der Waals surface area contributed by atoms with Crippen LogP contribution in [0.2, 0.25) is 0 Å². The number of hydrogen-bond acceptors (Lipinski definition) is 3. The summed E-state index contributed by atoms with van der Waals surface area (Å²) in [4.78, 5) is 0. The number of aryl methyl sites for hydroxylation is 1. The Morgan fingerprint density at radius 3 is 2.36 bits per heavy atom. The standard InChI is InChI=1S/C21H15FO2S/c1-13-2-9-17(10-3-13)24-21-20(14-4-6-15(22)7-5-14)18-11-8-16(23)12-19(18)25-21/h2-12,23H,1H3. The van der Waals surface area contributed by atoms with Gasteiger partial charge in [0.15, 0.2) is 5.06 Å². The third-order valence-electron chi connectivity index (χ3n) is 4.01. The molecule has 2 nitrogen and oxygen atoms in total. The molecule has 0 unspecified atom stereocenters. The highest BCUT2D eigenvalue weighted by atomic mass is 32.1. The van der Waals surface area contributed by atoms with Crippen molar-refractivity contribution < 1.29 is 14.2 Å². The van der Waals surface area contributed by atoms with Crippen LogP contribution in [0, 0.1) is 12.7 Å². The first-order valence-electron chi connectivity index (χ1n) is 7.86. The normalized spacial score (nSPS) is 11.0. The summed E-state index contributed by atoms with van der Waals surface area (Å²) in [6, 6.07) is 19.4. The Bertz CT molecular complexity index is 1030. The molecule has 4 rings (SSSR count). The quantitative estimate of drug-likeness (QED) is 0.456. The van der Waals surface area contributed by atoms with E-state index in [1.54, 1.807) is 24.3 Å². The fourth-order valence-electron chi connectivity index (χ4n) is 2.74. The third-order valence-corrected chi connectivity index (χ3v) is 5.04. The fraction of sp³-hybridized carbons (Fsp3) is 0.0476. The van der Waals surface area contributed by atoms with Crippen molar-refractivity contribution in [2.75, 3.05) is 0 Å². The van der Waals surface area contributed by atoms with Gasteiger partial charge < -0.3 is 9.84 Å². The molecule has 1 aromatic heterocycles. The highest BCUT2D eigenvalue weighted by Gasteiger charge is 2.17. The first-order chi connectivity index (χ1) is 12.1. The second kappa shape index (κ2) is 6.22. The molecule has 0 aliphatic heterocycles. The maximum absolute atomic E-state index is 13.3. The Balaban J connectivity index is 1.88. The topological polar surface area (TPSA) is 29.5 Å². The molecule has 0 saturated carbocycles. The molecule has 4 heteroatoms. The molecule has 1 N–H and O–H groups in total. The second-order valence-electron chi connectivity index (χ2n) is 5.87. The number of ether oxygens (including phenoxy) is 1. The Hall–Kier alpha value is -2.85. The van der Waals surface area contributed by atoms with E-state index >= 15 is 0 Å². The number of benzene rings is 3. The molecule has 4 aromatic rings. The van der Waals surface area contributed by atoms with Gasteiger partial charge in [0.05, 0.1) is 0 Å². The minimum atomic E-state index is -0.276. The molecule has 0 fully saturated rings. The van der Waals surface area contributed by atoms with Crippen molar-refractivity contribution in [1.29, 1.82) is 0 Å². The highest BCUT2D eigenvalue weighted by molar-refractivity contribution is 7.21. The summed E-state index contributed by atoms with van der Waals surface area (Å²) in [5.41, 5.74) is 2.94. The molecule has 0 spiro atoms. The number of aromatic hydroxyl groups is 1. The zero-order chi connectivity index (χ0) is 17.4. The van der Waals surface area contributed by atoms with Crippen LogP contribution in [0.15, 0.2) is 66.7 Å². The van der Waals surface area contributed by atoms with Crippen LogP contribution < -0.4 is 4.74 Å². The number of hydrogen-bond donors (Lipinski definition) is 1. The van der Waals surface area contributed by atoms with E-state index in [2.05, 4.69) is 0 Å². The van der Waals surface area contributed by atoms with Gasteiger partial charge >= 0.3 is 0 Å². The van der Waals surface area contributed by atoms with Crippen LogP contribution in [0.1, 0.15) is 5.56 Å². The number of phenols is 1. The van der Waals surface area contributed by atoms with Crippen molar-refractivity contribution in [3.63, 3.8) is 0 Å². The molecular weight excluding hydrogens is 335 g/mol. The van der Waals surface area contributed by atoms with E-state index in [9.17, 15) is 9.50 Å². The molecule has 0 amide bonds. The van der Waals surface area contributed by atoms with Crippen LogP contribution in [-0.4, -0.2) is 5.11 Å². The van der Waals surface area contributed by atoms with Crippen LogP contribution in [0.3, 0.4) is 0 Å². The first kappa shape index (κ1) is 15.7. The maximum atomic E-state index is 13.3. The van der Waals surface area contributed by atoms with Gasteiger partial charge in [0, 0.05) is 15.6 Å². The van der Waals surface area contributed by atoms with Crippen molar-refractivity contribution in [2.45, 2.75) is 6.92 Å². The SMILES string of the molecule is Cc1ccc(Oc2sc3cc(O)ccc3c2-c2ccc(F)cc2)cc1. The van der Waals surface area contributed by atoms with Crippen molar-refractivity contribution in [3.8, 4) is 27.7 Å². The number of rotatable bonds is 3. The van der Waals surface area contributed by atoms with Crippen LogP contribution in [0.4, 0.5) is 4.39 Å². The van der Waals surface area contributed by atoms with Gasteiger partial charge in [-0.05, 0) is 55.0 Å². The Labute approximate surface area is 148 Å². The van der Waals surface area contributed by atoms with Crippen LogP contribution >= 0.6 is 11.3 Å². The molecular formula is C21H15FO2S. The van der Waals surface area contributed by atoms with Gasteiger partial charge in [-0.25, -0.2) is 4.39 Å². The van der Waals surface area contributed by atoms with E-state index in [-0.39, 0.29) is 11.6 Å². The molecule has 1 heterocycles. The number of fused-ring (bicyclic) bond motifs is 1. The zero-order valence-electron chi connectivity index (χ0n) is 13.5. The van der Waals surface area contributed by atoms with E-state index in [0.29, 0.717) is 0 Å². The van der Waals surface area contributed by atoms with Gasteiger partial charge in [0.25, 0.3) is 0 Å². The second-order valence-corrected chi connectivity index (χ2v) is 6.88. The van der Waals surface area contributed by atoms with Gasteiger partial charge in [-0.1, -0.05) is 41.2 Å². The third kappa shape index (κ3) is 3.08. The predicted octanol–water partition coefficient (Wildman–Crippen LogP) is 6.51. The fourth-order valence-corrected chi connectivity index (χ4v) is 3.87. The van der Waals surface area contributed by atoms with Crippen molar-refractivity contribution in [2.24, 2.45) is 0 Å². The van der Waals surface area contributed by atoms with E-state index < -0.39 is 0 Å². The first-order valence-corrected chi connectivity index (χ1v) is 8.68. The van der Waals surface area contributed by atoms with Gasteiger partial charge in [-0.15, -0.1) is 0 Å². The molecule has 0 atom stereocenters. The number of phenolic OH excluding ortho intramolecular Hbond substituents is 1. The van der Waals surface area contributed by atoms with Crippen LogP contribution in [0.5, 0.6) is 16.6 Å². The van der Waals surface area contributed by atoms with Crippen LogP contribution in [-0.2, 0) is 0 Å². The molecule has 124 valence electrons. The Morgan fingerprint density at radius 2 is 1.64 bits per heavy atom. The van der Waals surface area contributed by atoms with E-state index in [4.69, 9.17) is 4.74 Å². The van der Waals surface area contributed by atoms with Gasteiger partial charge in [0.1, 0.15) is 17.3 Å². The average Bonchev–Trinajstić information content (AvgIpc) is 2.94. The molecule has 0 aliphatic carbocycles. The zero-order valence-corrected chi connectivity index (χ0v) is 14.3. The Kier molecular flexibility index (Phi) is 3.90. The summed E-state index contributed by atoms with van der Waals surface area (Å²) in [6.07, 6.45) is 0. The van der Waals surface area contributed by atoms with Gasteiger partial charge in [0.2, 0.25) is 0 Å². The number of halogens is 1. The molecule has 0 saturated heterocycles. The lowest BCUT2D eigenvalue weighted by molar-refractivity contribution is 0.476. The summed E-state index contributed by atoms with van der Waals surface area (Å²) in [6.45, 7) is 2.02. The monoisotopic (exact) mass is 350 g/mol. The summed E-state index contributed by atoms with van der Waals surface area (Å²) in [5.74, 6) is 0.674. The summed E-state index contributed by atoms with van der Waals surface area (Å²) in [5, 5.41) is 11.5. The average molecular weight is 350 g/mol. The van der Waals surface area contributed by atoms with E-state index in [0.717, 1.165) is 37.6 Å². The highest BCUT2D eigenvalue weighted by Crippen LogP contribution is 2.47. The minimum absolute atomic E-state index is 0.210.